The number of carbonyl (C=O) groups is 1. The molecule has 0 aliphatic carbocycles. The maximum absolute atomic E-state index is 12.0. The highest BCUT2D eigenvalue weighted by Crippen LogP contribution is 2.13. The van der Waals surface area contributed by atoms with Crippen LogP contribution in [-0.2, 0) is 0 Å². The van der Waals surface area contributed by atoms with Crippen LogP contribution < -0.4 is 5.43 Å². The van der Waals surface area contributed by atoms with E-state index in [0.29, 0.717) is 10.7 Å². The van der Waals surface area contributed by atoms with Crippen LogP contribution in [0.4, 0.5) is 5.69 Å². The van der Waals surface area contributed by atoms with Crippen molar-refractivity contribution in [1.82, 2.24) is 5.43 Å². The highest BCUT2D eigenvalue weighted by Gasteiger charge is 2.11. The van der Waals surface area contributed by atoms with E-state index in [1.165, 1.54) is 24.3 Å². The van der Waals surface area contributed by atoms with Crippen molar-refractivity contribution < 1.29 is 9.72 Å². The number of halogens is 1. The predicted octanol–water partition coefficient (Wildman–Crippen LogP) is 3.40. The van der Waals surface area contributed by atoms with Crippen LogP contribution in [0.1, 0.15) is 22.8 Å². The second-order valence-electron chi connectivity index (χ2n) is 4.46. The lowest BCUT2D eigenvalue weighted by atomic mass is 10.1. The maximum atomic E-state index is 12.0. The number of amides is 1. The molecule has 0 unspecified atom stereocenters. The van der Waals surface area contributed by atoms with Crippen molar-refractivity contribution in [2.45, 2.75) is 6.92 Å². The molecule has 1 N–H and O–H groups in total. The van der Waals surface area contributed by atoms with E-state index in [9.17, 15) is 14.9 Å². The molecule has 0 spiro atoms. The molecule has 2 aromatic rings. The molecule has 112 valence electrons. The van der Waals surface area contributed by atoms with Crippen molar-refractivity contribution >= 4 is 28.9 Å². The summed E-state index contributed by atoms with van der Waals surface area (Å²) in [7, 11) is 0. The van der Waals surface area contributed by atoms with E-state index >= 15 is 0 Å². The first-order chi connectivity index (χ1) is 10.5. The van der Waals surface area contributed by atoms with Gasteiger partial charge in [-0.3, -0.25) is 14.9 Å². The summed E-state index contributed by atoms with van der Waals surface area (Å²) in [5, 5.41) is 15.2. The van der Waals surface area contributed by atoms with Crippen LogP contribution in [0.15, 0.2) is 53.6 Å². The van der Waals surface area contributed by atoms with Gasteiger partial charge in [-0.05, 0) is 30.7 Å². The summed E-state index contributed by atoms with van der Waals surface area (Å²) < 4.78 is 0. The van der Waals surface area contributed by atoms with Crippen LogP contribution >= 0.6 is 11.6 Å². The van der Waals surface area contributed by atoms with Crippen LogP contribution in [0.25, 0.3) is 0 Å². The molecule has 0 aliphatic heterocycles. The van der Waals surface area contributed by atoms with Crippen molar-refractivity contribution in [2.75, 3.05) is 0 Å². The molecule has 0 saturated carbocycles. The highest BCUT2D eigenvalue weighted by atomic mass is 35.5. The molecule has 7 heteroatoms. The molecule has 2 aromatic carbocycles. The zero-order chi connectivity index (χ0) is 16.1. The van der Waals surface area contributed by atoms with Gasteiger partial charge in [0.15, 0.2) is 0 Å². The van der Waals surface area contributed by atoms with Crippen molar-refractivity contribution in [1.29, 1.82) is 0 Å². The number of nitro groups is 1. The number of nitro benzene ring substituents is 1. The Labute approximate surface area is 131 Å². The summed E-state index contributed by atoms with van der Waals surface area (Å²) in [6, 6.07) is 12.5. The van der Waals surface area contributed by atoms with Gasteiger partial charge in [-0.25, -0.2) is 5.43 Å². The summed E-state index contributed by atoms with van der Waals surface area (Å²) in [4.78, 5) is 22.1. The molecule has 1 amide bonds. The van der Waals surface area contributed by atoms with Crippen LogP contribution in [0.5, 0.6) is 0 Å². The Morgan fingerprint density at radius 3 is 2.55 bits per heavy atom. The quantitative estimate of drug-likeness (QED) is 0.533. The fraction of sp³-hybridized carbons (Fsp3) is 0.0667. The monoisotopic (exact) mass is 317 g/mol. The normalized spacial score (nSPS) is 11.1. The van der Waals surface area contributed by atoms with Crippen LogP contribution in [0.3, 0.4) is 0 Å². The summed E-state index contributed by atoms with van der Waals surface area (Å²) in [5.41, 5.74) is 3.72. The highest BCUT2D eigenvalue weighted by molar-refractivity contribution is 6.31. The average Bonchev–Trinajstić information content (AvgIpc) is 2.52. The number of hydrazone groups is 1. The predicted molar refractivity (Wildman–Crippen MR) is 84.2 cm³/mol. The van der Waals surface area contributed by atoms with E-state index in [1.54, 1.807) is 25.1 Å². The molecule has 0 radical (unpaired) electrons. The summed E-state index contributed by atoms with van der Waals surface area (Å²) in [6.07, 6.45) is 0. The molecule has 0 atom stereocenters. The Hall–Kier alpha value is -2.73. The smallest absolute Gasteiger partial charge is 0.267 e. The summed E-state index contributed by atoms with van der Waals surface area (Å²) in [5.74, 6) is -0.523. The molecule has 0 bridgehead atoms. The first-order valence-corrected chi connectivity index (χ1v) is 6.70. The molecule has 0 heterocycles. The van der Waals surface area contributed by atoms with Crippen molar-refractivity contribution in [3.05, 3.63) is 74.8 Å². The molecule has 0 fully saturated rings. The molecule has 22 heavy (non-hydrogen) atoms. The summed E-state index contributed by atoms with van der Waals surface area (Å²) in [6.45, 7) is 1.72. The SMILES string of the molecule is C/C(=N\NC(=O)c1cccc([N+](=O)[O-])c1)c1cccc(Cl)c1. The Kier molecular flexibility index (Phi) is 4.85. The number of benzene rings is 2. The fourth-order valence-electron chi connectivity index (χ4n) is 1.74. The number of hydrogen-bond acceptors (Lipinski definition) is 4. The number of carbonyl (C=O) groups excluding carboxylic acids is 1. The van der Waals surface area contributed by atoms with Gasteiger partial charge in [-0.2, -0.15) is 5.10 Å². The Morgan fingerprint density at radius 2 is 1.86 bits per heavy atom. The van der Waals surface area contributed by atoms with Gasteiger partial charge in [0.25, 0.3) is 11.6 Å². The number of non-ortho nitro benzene ring substituents is 1. The van der Waals surface area contributed by atoms with Gasteiger partial charge in [0.2, 0.25) is 0 Å². The number of nitrogens with zero attached hydrogens (tertiary/aromatic N) is 2. The summed E-state index contributed by atoms with van der Waals surface area (Å²) >= 11 is 5.89. The van der Waals surface area contributed by atoms with Crippen molar-refractivity contribution in [3.63, 3.8) is 0 Å². The van der Waals surface area contributed by atoms with Gasteiger partial charge in [0.05, 0.1) is 10.6 Å². The zero-order valence-electron chi connectivity index (χ0n) is 11.6. The molecular weight excluding hydrogens is 306 g/mol. The second-order valence-corrected chi connectivity index (χ2v) is 4.89. The number of rotatable bonds is 4. The second kappa shape index (κ2) is 6.82. The third-order valence-electron chi connectivity index (χ3n) is 2.89. The molecule has 2 rings (SSSR count). The minimum Gasteiger partial charge on any atom is -0.267 e. The van der Waals surface area contributed by atoms with E-state index in [-0.39, 0.29) is 11.3 Å². The molecule has 0 aliphatic rings. The third kappa shape index (κ3) is 3.89. The lowest BCUT2D eigenvalue weighted by Gasteiger charge is -2.03. The van der Waals surface area contributed by atoms with Gasteiger partial charge in [-0.15, -0.1) is 0 Å². The van der Waals surface area contributed by atoms with Gasteiger partial charge >= 0.3 is 0 Å². The first kappa shape index (κ1) is 15.7. The average molecular weight is 318 g/mol. The molecule has 6 nitrogen and oxygen atoms in total. The van der Waals surface area contributed by atoms with Crippen LogP contribution in [0.2, 0.25) is 5.02 Å². The third-order valence-corrected chi connectivity index (χ3v) is 3.12. The standard InChI is InChI=1S/C15H12ClN3O3/c1-10(11-4-2-6-13(16)8-11)17-18-15(20)12-5-3-7-14(9-12)19(21)22/h2-9H,1H3,(H,18,20)/b17-10+. The van der Waals surface area contributed by atoms with Crippen molar-refractivity contribution in [2.24, 2.45) is 5.10 Å². The lowest BCUT2D eigenvalue weighted by molar-refractivity contribution is -0.384. The van der Waals surface area contributed by atoms with Gasteiger partial charge < -0.3 is 0 Å². The Bertz CT molecular complexity index is 759. The van der Waals surface area contributed by atoms with E-state index in [0.717, 1.165) is 5.56 Å². The van der Waals surface area contributed by atoms with Gasteiger partial charge in [-0.1, -0.05) is 29.8 Å². The minimum atomic E-state index is -0.558. The van der Waals surface area contributed by atoms with E-state index in [4.69, 9.17) is 11.6 Å². The first-order valence-electron chi connectivity index (χ1n) is 6.32. The molecular formula is C15H12ClN3O3. The maximum Gasteiger partial charge on any atom is 0.271 e. The molecule has 0 saturated heterocycles. The van der Waals surface area contributed by atoms with E-state index in [2.05, 4.69) is 10.5 Å². The Balaban J connectivity index is 2.13. The fourth-order valence-corrected chi connectivity index (χ4v) is 1.93. The number of hydrogen-bond donors (Lipinski definition) is 1. The van der Waals surface area contributed by atoms with Crippen molar-refractivity contribution in [3.8, 4) is 0 Å². The largest absolute Gasteiger partial charge is 0.271 e. The Morgan fingerprint density at radius 1 is 1.18 bits per heavy atom. The number of nitrogens with one attached hydrogen (secondary N) is 1. The van der Waals surface area contributed by atoms with Gasteiger partial charge in [0.1, 0.15) is 0 Å². The lowest BCUT2D eigenvalue weighted by Crippen LogP contribution is -2.19. The van der Waals surface area contributed by atoms with E-state index < -0.39 is 10.8 Å². The minimum absolute atomic E-state index is 0.150. The molecule has 0 aromatic heterocycles. The van der Waals surface area contributed by atoms with Gasteiger partial charge in [0, 0.05) is 22.7 Å². The van der Waals surface area contributed by atoms with Crippen LogP contribution in [0, 0.1) is 10.1 Å². The zero-order valence-corrected chi connectivity index (χ0v) is 12.4. The van der Waals surface area contributed by atoms with E-state index in [1.807, 2.05) is 6.07 Å². The topological polar surface area (TPSA) is 84.6 Å². The van der Waals surface area contributed by atoms with Crippen LogP contribution in [-0.4, -0.2) is 16.5 Å².